The van der Waals surface area contributed by atoms with Gasteiger partial charge in [-0.1, -0.05) is 11.6 Å². The van der Waals surface area contributed by atoms with Gasteiger partial charge in [0.15, 0.2) is 0 Å². The minimum absolute atomic E-state index is 0.324. The van der Waals surface area contributed by atoms with E-state index in [-0.39, 0.29) is 0 Å². The van der Waals surface area contributed by atoms with Gasteiger partial charge >= 0.3 is 0 Å². The summed E-state index contributed by atoms with van der Waals surface area (Å²) in [6.45, 7) is 2.60. The molecule has 19 heavy (non-hydrogen) atoms. The maximum atomic E-state index is 11.1. The molecular weight excluding hydrogens is 264 g/mol. The van der Waals surface area contributed by atoms with Crippen LogP contribution in [0.3, 0.4) is 0 Å². The van der Waals surface area contributed by atoms with Crippen LogP contribution in [-0.2, 0) is 13.6 Å². The van der Waals surface area contributed by atoms with Gasteiger partial charge in [0.05, 0.1) is 16.3 Å². The summed E-state index contributed by atoms with van der Waals surface area (Å²) >= 11 is 5.98. The fourth-order valence-corrected chi connectivity index (χ4v) is 2.12. The number of nitrogens with two attached hydrogens (primary N) is 1. The van der Waals surface area contributed by atoms with Gasteiger partial charge in [0.1, 0.15) is 0 Å². The summed E-state index contributed by atoms with van der Waals surface area (Å²) in [5, 5.41) is 7.85. The van der Waals surface area contributed by atoms with Gasteiger partial charge in [-0.2, -0.15) is 5.10 Å². The minimum atomic E-state index is -0.528. The van der Waals surface area contributed by atoms with Crippen LogP contribution >= 0.6 is 11.6 Å². The van der Waals surface area contributed by atoms with Crippen molar-refractivity contribution in [2.24, 2.45) is 12.8 Å². The number of carbonyl (C=O) groups excluding carboxylic acids is 1. The molecule has 0 atom stereocenters. The molecule has 100 valence electrons. The Balaban J connectivity index is 2.10. The molecule has 3 N–H and O–H groups in total. The molecule has 2 aromatic rings. The highest BCUT2D eigenvalue weighted by Gasteiger charge is 2.07. The van der Waals surface area contributed by atoms with E-state index in [0.29, 0.717) is 17.1 Å². The Morgan fingerprint density at radius 1 is 1.53 bits per heavy atom. The van der Waals surface area contributed by atoms with Crippen molar-refractivity contribution in [2.75, 3.05) is 5.32 Å². The number of primary amides is 1. The molecule has 1 heterocycles. The minimum Gasteiger partial charge on any atom is -0.381 e. The number of carbonyl (C=O) groups is 1. The van der Waals surface area contributed by atoms with Crippen molar-refractivity contribution in [2.45, 2.75) is 13.5 Å². The van der Waals surface area contributed by atoms with Crippen LogP contribution in [0.25, 0.3) is 0 Å². The maximum absolute atomic E-state index is 11.1. The first-order valence-electron chi connectivity index (χ1n) is 5.79. The highest BCUT2D eigenvalue weighted by atomic mass is 35.5. The summed E-state index contributed by atoms with van der Waals surface area (Å²) in [6.07, 6.45) is 1.96. The molecular formula is C13H15ClN4O. The molecule has 1 aromatic carbocycles. The predicted molar refractivity (Wildman–Crippen MR) is 75.2 cm³/mol. The first kappa shape index (κ1) is 13.4. The summed E-state index contributed by atoms with van der Waals surface area (Å²) in [6, 6.07) is 5.08. The van der Waals surface area contributed by atoms with Crippen molar-refractivity contribution in [3.8, 4) is 0 Å². The number of aromatic nitrogens is 2. The maximum Gasteiger partial charge on any atom is 0.250 e. The predicted octanol–water partition coefficient (Wildman–Crippen LogP) is 2.09. The van der Waals surface area contributed by atoms with Crippen LogP contribution in [0.4, 0.5) is 5.69 Å². The van der Waals surface area contributed by atoms with E-state index in [4.69, 9.17) is 17.3 Å². The molecule has 0 spiro atoms. The summed E-state index contributed by atoms with van der Waals surface area (Å²) in [5.74, 6) is -0.528. The third-order valence-electron chi connectivity index (χ3n) is 2.83. The third kappa shape index (κ3) is 3.06. The van der Waals surface area contributed by atoms with Crippen molar-refractivity contribution < 1.29 is 4.79 Å². The average Bonchev–Trinajstić information content (AvgIpc) is 2.65. The highest BCUT2D eigenvalue weighted by Crippen LogP contribution is 2.21. The number of aryl methyl sites for hydroxylation is 2. The fraction of sp³-hybridized carbons (Fsp3) is 0.231. The summed E-state index contributed by atoms with van der Waals surface area (Å²) in [7, 11) is 1.88. The molecule has 0 saturated heterocycles. The molecule has 0 aliphatic carbocycles. The van der Waals surface area contributed by atoms with Crippen molar-refractivity contribution in [1.82, 2.24) is 9.78 Å². The van der Waals surface area contributed by atoms with Crippen LogP contribution in [0.1, 0.15) is 21.6 Å². The summed E-state index contributed by atoms with van der Waals surface area (Å²) in [5.41, 5.74) is 8.44. The second kappa shape index (κ2) is 5.32. The van der Waals surface area contributed by atoms with Crippen molar-refractivity contribution in [3.05, 3.63) is 46.2 Å². The topological polar surface area (TPSA) is 72.9 Å². The largest absolute Gasteiger partial charge is 0.381 e. The number of benzene rings is 1. The normalized spacial score (nSPS) is 10.5. The van der Waals surface area contributed by atoms with Gasteiger partial charge in [-0.15, -0.1) is 0 Å². The van der Waals surface area contributed by atoms with E-state index >= 15 is 0 Å². The van der Waals surface area contributed by atoms with Crippen LogP contribution in [0.2, 0.25) is 5.02 Å². The standard InChI is InChI=1S/C13H15ClN4O/c1-8-9(7-18(2)17-8)6-16-10-3-4-11(13(15)19)12(14)5-10/h3-5,7,16H,6H2,1-2H3,(H2,15,19). The van der Waals surface area contributed by atoms with Crippen LogP contribution in [0.15, 0.2) is 24.4 Å². The smallest absolute Gasteiger partial charge is 0.250 e. The van der Waals surface area contributed by atoms with Gasteiger partial charge in [-0.3, -0.25) is 9.48 Å². The Morgan fingerprint density at radius 2 is 2.26 bits per heavy atom. The molecule has 2 rings (SSSR count). The second-order valence-corrected chi connectivity index (χ2v) is 4.73. The number of hydrogen-bond donors (Lipinski definition) is 2. The van der Waals surface area contributed by atoms with E-state index in [2.05, 4.69) is 10.4 Å². The van der Waals surface area contributed by atoms with Gasteiger partial charge < -0.3 is 11.1 Å². The Morgan fingerprint density at radius 3 is 2.79 bits per heavy atom. The van der Waals surface area contributed by atoms with E-state index < -0.39 is 5.91 Å². The van der Waals surface area contributed by atoms with Gasteiger partial charge in [0.2, 0.25) is 5.91 Å². The first-order valence-corrected chi connectivity index (χ1v) is 6.17. The lowest BCUT2D eigenvalue weighted by molar-refractivity contribution is 0.100. The molecule has 0 bridgehead atoms. The Labute approximate surface area is 116 Å². The Bertz CT molecular complexity index is 621. The van der Waals surface area contributed by atoms with E-state index in [0.717, 1.165) is 16.9 Å². The molecule has 0 fully saturated rings. The van der Waals surface area contributed by atoms with Gasteiger partial charge in [-0.05, 0) is 25.1 Å². The molecule has 0 saturated carbocycles. The van der Waals surface area contributed by atoms with Gasteiger partial charge in [0.25, 0.3) is 0 Å². The number of hydrogen-bond acceptors (Lipinski definition) is 3. The molecule has 0 unspecified atom stereocenters. The van der Waals surface area contributed by atoms with E-state index in [1.165, 1.54) is 0 Å². The lowest BCUT2D eigenvalue weighted by atomic mass is 10.2. The molecule has 1 aromatic heterocycles. The molecule has 6 heteroatoms. The lowest BCUT2D eigenvalue weighted by Crippen LogP contribution is -2.11. The van der Waals surface area contributed by atoms with E-state index in [9.17, 15) is 4.79 Å². The highest BCUT2D eigenvalue weighted by molar-refractivity contribution is 6.34. The molecule has 0 aliphatic heterocycles. The zero-order valence-electron chi connectivity index (χ0n) is 10.8. The number of nitrogens with one attached hydrogen (secondary N) is 1. The van der Waals surface area contributed by atoms with E-state index in [1.54, 1.807) is 22.9 Å². The quantitative estimate of drug-likeness (QED) is 0.899. The SMILES string of the molecule is Cc1nn(C)cc1CNc1ccc(C(N)=O)c(Cl)c1. The molecule has 5 nitrogen and oxygen atoms in total. The zero-order valence-corrected chi connectivity index (χ0v) is 11.5. The third-order valence-corrected chi connectivity index (χ3v) is 3.15. The second-order valence-electron chi connectivity index (χ2n) is 4.33. The van der Waals surface area contributed by atoms with Crippen LogP contribution in [0, 0.1) is 6.92 Å². The van der Waals surface area contributed by atoms with Crippen LogP contribution < -0.4 is 11.1 Å². The number of rotatable bonds is 4. The zero-order chi connectivity index (χ0) is 14.0. The lowest BCUT2D eigenvalue weighted by Gasteiger charge is -2.07. The number of nitrogens with zero attached hydrogens (tertiary/aromatic N) is 2. The van der Waals surface area contributed by atoms with E-state index in [1.807, 2.05) is 20.2 Å². The van der Waals surface area contributed by atoms with Crippen molar-refractivity contribution in [1.29, 1.82) is 0 Å². The average molecular weight is 279 g/mol. The van der Waals surface area contributed by atoms with Gasteiger partial charge in [0, 0.05) is 31.0 Å². The molecule has 0 radical (unpaired) electrons. The van der Waals surface area contributed by atoms with Crippen LogP contribution in [-0.4, -0.2) is 15.7 Å². The monoisotopic (exact) mass is 278 g/mol. The van der Waals surface area contributed by atoms with Crippen LogP contribution in [0.5, 0.6) is 0 Å². The first-order chi connectivity index (χ1) is 8.97. The summed E-state index contributed by atoms with van der Waals surface area (Å²) in [4.78, 5) is 11.1. The molecule has 0 aliphatic rings. The Kier molecular flexibility index (Phi) is 3.76. The van der Waals surface area contributed by atoms with Crippen molar-refractivity contribution >= 4 is 23.2 Å². The Hall–Kier alpha value is -2.01. The van der Waals surface area contributed by atoms with Gasteiger partial charge in [-0.25, -0.2) is 0 Å². The number of anilines is 1. The molecule has 1 amide bonds. The van der Waals surface area contributed by atoms with Crippen molar-refractivity contribution in [3.63, 3.8) is 0 Å². The number of amides is 1. The number of halogens is 1. The fourth-order valence-electron chi connectivity index (χ4n) is 1.84. The summed E-state index contributed by atoms with van der Waals surface area (Å²) < 4.78 is 1.77.